The minimum Gasteiger partial charge on any atom is -0.560 e. The van der Waals surface area contributed by atoms with E-state index in [1.807, 2.05) is 18.2 Å². The second kappa shape index (κ2) is 16.7. The zero-order valence-corrected chi connectivity index (χ0v) is 24.3. The van der Waals surface area contributed by atoms with Crippen LogP contribution in [-0.2, 0) is 14.1 Å². The number of aliphatic imine (C=N–C) groups is 1. The first-order valence-electron chi connectivity index (χ1n) is 13.4. The summed E-state index contributed by atoms with van der Waals surface area (Å²) in [5.41, 5.74) is -1.24. The maximum Gasteiger partial charge on any atom is 0.407 e. The van der Waals surface area contributed by atoms with Crippen LogP contribution in [0.4, 0.5) is 9.59 Å². The molecule has 0 unspecified atom stereocenters. The maximum atomic E-state index is 13.2. The smallest absolute Gasteiger partial charge is 0.407 e. The molecule has 0 aliphatic heterocycles. The summed E-state index contributed by atoms with van der Waals surface area (Å²) in [6.07, 6.45) is 3.86. The standard InChI is InChI=1S/C28H45BN4O6/c1-26(2,3)38-24(35)31-19-11-16-28(15-10-18-30-21-37-29,33-23(34)22-13-8-7-9-14-22)17-12-20-32-25(36)39-27(4,5)6/h7-9,13-14,21H,10-12,15-20H2,1-6H3,(H,31,35)(H,32,36)(H,33,34). The van der Waals surface area contributed by atoms with E-state index in [1.54, 1.807) is 53.7 Å². The Balaban J connectivity index is 2.97. The van der Waals surface area contributed by atoms with Gasteiger partial charge < -0.3 is 30.1 Å². The SMILES string of the molecule is [B]OC=NCCCC(CCCNC(=O)OC(C)(C)C)(CCCNC(=O)OC(C)(C)C)NC(=O)c1ccccc1. The highest BCUT2D eigenvalue weighted by Crippen LogP contribution is 2.26. The molecular weight excluding hydrogens is 499 g/mol. The second-order valence-electron chi connectivity index (χ2n) is 11.4. The Labute approximate surface area is 234 Å². The third kappa shape index (κ3) is 16.4. The van der Waals surface area contributed by atoms with Gasteiger partial charge in [0.05, 0.1) is 0 Å². The topological polar surface area (TPSA) is 127 Å². The van der Waals surface area contributed by atoms with Crippen molar-refractivity contribution in [2.75, 3.05) is 19.6 Å². The summed E-state index contributed by atoms with van der Waals surface area (Å²) in [7, 11) is 5.02. The van der Waals surface area contributed by atoms with E-state index in [2.05, 4.69) is 25.6 Å². The van der Waals surface area contributed by atoms with Crippen molar-refractivity contribution >= 4 is 32.5 Å². The molecule has 11 heteroatoms. The van der Waals surface area contributed by atoms with E-state index in [1.165, 1.54) is 6.40 Å². The Morgan fingerprint density at radius 3 is 1.77 bits per heavy atom. The van der Waals surface area contributed by atoms with Crippen LogP contribution in [0.25, 0.3) is 0 Å². The summed E-state index contributed by atoms with van der Waals surface area (Å²) >= 11 is 0. The van der Waals surface area contributed by atoms with Crippen molar-refractivity contribution in [1.29, 1.82) is 0 Å². The first-order chi connectivity index (χ1) is 18.3. The zero-order valence-electron chi connectivity index (χ0n) is 24.3. The molecule has 0 saturated carbocycles. The molecule has 0 spiro atoms. The number of carbonyl (C=O) groups excluding carboxylic acids is 3. The second-order valence-corrected chi connectivity index (χ2v) is 11.4. The van der Waals surface area contributed by atoms with Gasteiger partial charge in [0, 0.05) is 30.7 Å². The highest BCUT2D eigenvalue weighted by molar-refractivity contribution is 6.02. The quantitative estimate of drug-likeness (QED) is 0.127. The lowest BCUT2D eigenvalue weighted by molar-refractivity contribution is 0.0516. The molecule has 2 radical (unpaired) electrons. The first-order valence-corrected chi connectivity index (χ1v) is 13.4. The van der Waals surface area contributed by atoms with Gasteiger partial charge >= 0.3 is 20.2 Å². The summed E-state index contributed by atoms with van der Waals surface area (Å²) in [6, 6.07) is 9.00. The normalized spacial score (nSPS) is 12.1. The van der Waals surface area contributed by atoms with Gasteiger partial charge in [0.1, 0.15) is 17.6 Å². The zero-order chi connectivity index (χ0) is 29.4. The summed E-state index contributed by atoms with van der Waals surface area (Å²) in [5, 5.41) is 8.82. The predicted molar refractivity (Wildman–Crippen MR) is 153 cm³/mol. The highest BCUT2D eigenvalue weighted by atomic mass is 16.6. The van der Waals surface area contributed by atoms with Crippen LogP contribution in [0.1, 0.15) is 90.4 Å². The lowest BCUT2D eigenvalue weighted by atomic mass is 9.83. The lowest BCUT2D eigenvalue weighted by Gasteiger charge is -2.36. The molecule has 0 aliphatic rings. The molecule has 1 aromatic rings. The van der Waals surface area contributed by atoms with Gasteiger partial charge in [0.15, 0.2) is 0 Å². The van der Waals surface area contributed by atoms with Crippen molar-refractivity contribution in [2.24, 2.45) is 4.99 Å². The molecule has 0 saturated heterocycles. The molecule has 0 aliphatic carbocycles. The fourth-order valence-electron chi connectivity index (χ4n) is 3.93. The van der Waals surface area contributed by atoms with Gasteiger partial charge in [-0.2, -0.15) is 0 Å². The largest absolute Gasteiger partial charge is 0.560 e. The van der Waals surface area contributed by atoms with Crippen LogP contribution in [0.15, 0.2) is 35.3 Å². The van der Waals surface area contributed by atoms with Crippen LogP contribution in [0.3, 0.4) is 0 Å². The average molecular weight is 545 g/mol. The number of hydrogen-bond acceptors (Lipinski definition) is 7. The summed E-state index contributed by atoms with van der Waals surface area (Å²) < 4.78 is 15.0. The molecule has 3 N–H and O–H groups in total. The van der Waals surface area contributed by atoms with Crippen molar-refractivity contribution in [3.63, 3.8) is 0 Å². The maximum absolute atomic E-state index is 13.2. The van der Waals surface area contributed by atoms with E-state index in [4.69, 9.17) is 17.5 Å². The van der Waals surface area contributed by atoms with Crippen molar-refractivity contribution in [2.45, 2.75) is 96.8 Å². The predicted octanol–water partition coefficient (Wildman–Crippen LogP) is 4.67. The number of carbonyl (C=O) groups is 3. The molecule has 3 amide bonds. The van der Waals surface area contributed by atoms with Crippen LogP contribution >= 0.6 is 0 Å². The molecule has 0 bridgehead atoms. The summed E-state index contributed by atoms with van der Waals surface area (Å²) in [4.78, 5) is 41.5. The number of benzene rings is 1. The van der Waals surface area contributed by atoms with Crippen molar-refractivity contribution in [1.82, 2.24) is 16.0 Å². The Morgan fingerprint density at radius 2 is 1.31 bits per heavy atom. The third-order valence-electron chi connectivity index (χ3n) is 5.49. The molecule has 0 heterocycles. The van der Waals surface area contributed by atoms with Gasteiger partial charge in [-0.05, 0) is 92.2 Å². The molecule has 10 nitrogen and oxygen atoms in total. The van der Waals surface area contributed by atoms with E-state index >= 15 is 0 Å². The number of rotatable bonds is 15. The monoisotopic (exact) mass is 544 g/mol. The number of ether oxygens (including phenoxy) is 2. The van der Waals surface area contributed by atoms with E-state index in [0.29, 0.717) is 63.7 Å². The van der Waals surface area contributed by atoms with Crippen molar-refractivity contribution in [3.8, 4) is 0 Å². The number of nitrogens with one attached hydrogen (secondary N) is 3. The van der Waals surface area contributed by atoms with Gasteiger partial charge in [-0.1, -0.05) is 18.2 Å². The van der Waals surface area contributed by atoms with E-state index in [-0.39, 0.29) is 5.91 Å². The average Bonchev–Trinajstić information content (AvgIpc) is 2.83. The molecule has 0 aromatic heterocycles. The van der Waals surface area contributed by atoms with Crippen molar-refractivity contribution in [3.05, 3.63) is 35.9 Å². The Hall–Kier alpha value is -3.24. The van der Waals surface area contributed by atoms with Gasteiger partial charge in [-0.3, -0.25) is 9.79 Å². The Bertz CT molecular complexity index is 877. The van der Waals surface area contributed by atoms with Crippen molar-refractivity contribution < 1.29 is 28.5 Å². The van der Waals surface area contributed by atoms with E-state index in [9.17, 15) is 14.4 Å². The van der Waals surface area contributed by atoms with E-state index < -0.39 is 28.9 Å². The van der Waals surface area contributed by atoms with Gasteiger partial charge in [-0.15, -0.1) is 0 Å². The number of hydrogen-bond donors (Lipinski definition) is 3. The minimum absolute atomic E-state index is 0.190. The Kier molecular flexibility index (Phi) is 14.4. The van der Waals surface area contributed by atoms with Gasteiger partial charge in [0.25, 0.3) is 5.91 Å². The summed E-state index contributed by atoms with van der Waals surface area (Å²) in [5.74, 6) is -0.190. The van der Waals surface area contributed by atoms with Crippen LogP contribution in [0, 0.1) is 0 Å². The number of alkyl carbamates (subject to hydrolysis) is 2. The number of amides is 3. The molecule has 39 heavy (non-hydrogen) atoms. The van der Waals surface area contributed by atoms with Crippen LogP contribution < -0.4 is 16.0 Å². The fraction of sp³-hybridized carbons (Fsp3) is 0.643. The first kappa shape index (κ1) is 33.8. The van der Waals surface area contributed by atoms with Gasteiger partial charge in [0.2, 0.25) is 0 Å². The van der Waals surface area contributed by atoms with Crippen LogP contribution in [-0.4, -0.2) is 68.9 Å². The molecule has 0 fully saturated rings. The molecule has 0 atom stereocenters. The molecule has 216 valence electrons. The lowest BCUT2D eigenvalue weighted by Crippen LogP contribution is -2.49. The molecule has 1 aromatic carbocycles. The number of nitrogens with zero attached hydrogens (tertiary/aromatic N) is 1. The minimum atomic E-state index is -0.614. The highest BCUT2D eigenvalue weighted by Gasteiger charge is 2.31. The van der Waals surface area contributed by atoms with Crippen LogP contribution in [0.5, 0.6) is 0 Å². The third-order valence-corrected chi connectivity index (χ3v) is 5.49. The molecular formula is C28H45BN4O6. The van der Waals surface area contributed by atoms with Crippen LogP contribution in [0.2, 0.25) is 0 Å². The Morgan fingerprint density at radius 1 is 0.821 bits per heavy atom. The van der Waals surface area contributed by atoms with E-state index in [0.717, 1.165) is 0 Å². The summed E-state index contributed by atoms with van der Waals surface area (Å²) in [6.45, 7) is 12.1. The van der Waals surface area contributed by atoms with Gasteiger partial charge in [-0.25, -0.2) is 9.59 Å². The fourth-order valence-corrected chi connectivity index (χ4v) is 3.93. The molecule has 1 rings (SSSR count).